The van der Waals surface area contributed by atoms with E-state index < -0.39 is 18.9 Å². The minimum absolute atomic E-state index is 0.0656. The first-order chi connectivity index (χ1) is 12.9. The first-order valence-corrected chi connectivity index (χ1v) is 8.36. The Hall–Kier alpha value is -2.81. The van der Waals surface area contributed by atoms with E-state index in [4.69, 9.17) is 16.3 Å². The van der Waals surface area contributed by atoms with Crippen molar-refractivity contribution in [3.8, 4) is 5.88 Å². The summed E-state index contributed by atoms with van der Waals surface area (Å²) in [6, 6.07) is 4.42. The average molecular weight is 399 g/mol. The summed E-state index contributed by atoms with van der Waals surface area (Å²) in [4.78, 5) is 31.5. The molecule has 0 bridgehead atoms. The molecule has 0 atom stereocenters. The van der Waals surface area contributed by atoms with Crippen LogP contribution >= 0.6 is 11.6 Å². The van der Waals surface area contributed by atoms with Crippen molar-refractivity contribution in [3.63, 3.8) is 0 Å². The van der Waals surface area contributed by atoms with Gasteiger partial charge < -0.3 is 15.4 Å². The second kappa shape index (κ2) is 9.77. The van der Waals surface area contributed by atoms with Gasteiger partial charge in [-0.2, -0.15) is 0 Å². The van der Waals surface area contributed by atoms with Gasteiger partial charge in [-0.05, 0) is 23.8 Å². The lowest BCUT2D eigenvalue weighted by Crippen LogP contribution is -2.23. The molecule has 144 valence electrons. The highest BCUT2D eigenvalue weighted by Gasteiger charge is 2.11. The zero-order chi connectivity index (χ0) is 19.8. The minimum atomic E-state index is -2.63. The van der Waals surface area contributed by atoms with Gasteiger partial charge in [-0.25, -0.2) is 18.7 Å². The zero-order valence-corrected chi connectivity index (χ0v) is 15.1. The summed E-state index contributed by atoms with van der Waals surface area (Å²) in [6.45, 7) is 1.01. The molecular formula is C17H17ClF2N4O3. The Kier molecular flexibility index (Phi) is 7.42. The van der Waals surface area contributed by atoms with Crippen LogP contribution in [-0.2, 0) is 11.3 Å². The van der Waals surface area contributed by atoms with Gasteiger partial charge >= 0.3 is 0 Å². The fourth-order valence-electron chi connectivity index (χ4n) is 1.97. The molecule has 0 radical (unpaired) electrons. The van der Waals surface area contributed by atoms with Crippen molar-refractivity contribution in [3.05, 3.63) is 46.7 Å². The largest absolute Gasteiger partial charge is 0.471 e. The number of aromatic nitrogens is 2. The van der Waals surface area contributed by atoms with E-state index in [1.54, 1.807) is 6.92 Å². The van der Waals surface area contributed by atoms with Crippen LogP contribution in [0.3, 0.4) is 0 Å². The number of hydrogen-bond donors (Lipinski definition) is 2. The van der Waals surface area contributed by atoms with E-state index in [9.17, 15) is 18.4 Å². The van der Waals surface area contributed by atoms with Crippen LogP contribution in [0.15, 0.2) is 30.6 Å². The van der Waals surface area contributed by atoms with E-state index in [-0.39, 0.29) is 29.2 Å². The molecule has 0 aromatic carbocycles. The van der Waals surface area contributed by atoms with Gasteiger partial charge in [-0.3, -0.25) is 9.59 Å². The van der Waals surface area contributed by atoms with E-state index in [2.05, 4.69) is 20.6 Å². The van der Waals surface area contributed by atoms with E-state index in [0.717, 1.165) is 0 Å². The molecule has 0 aliphatic carbocycles. The van der Waals surface area contributed by atoms with Gasteiger partial charge in [0.2, 0.25) is 11.8 Å². The number of anilines is 1. The number of pyridine rings is 2. The van der Waals surface area contributed by atoms with Gasteiger partial charge in [-0.15, -0.1) is 0 Å². The fourth-order valence-corrected chi connectivity index (χ4v) is 2.21. The number of nitrogens with one attached hydrogen (secondary N) is 2. The van der Waals surface area contributed by atoms with Crippen LogP contribution < -0.4 is 15.4 Å². The smallest absolute Gasteiger partial charge is 0.272 e. The number of rotatable bonds is 8. The molecule has 0 spiro atoms. The maximum absolute atomic E-state index is 12.2. The standard InChI is InChI=1S/C17H17ClF2N4O3/c1-2-15(25)24-14-6-11(3-4-21-14)16(26)22-7-10-5-12(18)17(23-8-10)27-9-13(19)20/h3-6,8,13H,2,7,9H2,1H3,(H,22,26)(H,21,24,25). The SMILES string of the molecule is CCC(=O)Nc1cc(C(=O)NCc2cnc(OCC(F)F)c(Cl)c2)ccn1. The van der Waals surface area contributed by atoms with Crippen LogP contribution in [0.4, 0.5) is 14.6 Å². The van der Waals surface area contributed by atoms with E-state index in [1.807, 2.05) is 0 Å². The van der Waals surface area contributed by atoms with Gasteiger partial charge in [0.15, 0.2) is 6.61 Å². The van der Waals surface area contributed by atoms with E-state index >= 15 is 0 Å². The van der Waals surface area contributed by atoms with Crippen LogP contribution in [0, 0.1) is 0 Å². The van der Waals surface area contributed by atoms with E-state index in [0.29, 0.717) is 17.5 Å². The second-order valence-electron chi connectivity index (χ2n) is 5.35. The normalized spacial score (nSPS) is 10.6. The highest BCUT2D eigenvalue weighted by molar-refractivity contribution is 6.31. The second-order valence-corrected chi connectivity index (χ2v) is 5.75. The molecule has 0 unspecified atom stereocenters. The quantitative estimate of drug-likeness (QED) is 0.712. The summed E-state index contributed by atoms with van der Waals surface area (Å²) >= 11 is 5.93. The number of nitrogens with zero attached hydrogens (tertiary/aromatic N) is 2. The lowest BCUT2D eigenvalue weighted by atomic mass is 10.2. The van der Waals surface area contributed by atoms with Gasteiger partial charge in [0.1, 0.15) is 10.8 Å². The Labute approximate surface area is 159 Å². The lowest BCUT2D eigenvalue weighted by Gasteiger charge is -2.09. The van der Waals surface area contributed by atoms with Crippen LogP contribution in [0.5, 0.6) is 5.88 Å². The molecule has 0 aliphatic rings. The van der Waals surface area contributed by atoms with E-state index in [1.165, 1.54) is 30.6 Å². The molecule has 0 saturated carbocycles. The topological polar surface area (TPSA) is 93.2 Å². The molecule has 0 fully saturated rings. The number of carbonyl (C=O) groups is 2. The Morgan fingerprint density at radius 3 is 2.74 bits per heavy atom. The Balaban J connectivity index is 1.96. The summed E-state index contributed by atoms with van der Waals surface area (Å²) < 4.78 is 29.1. The predicted molar refractivity (Wildman–Crippen MR) is 95.1 cm³/mol. The molecule has 2 rings (SSSR count). The fraction of sp³-hybridized carbons (Fsp3) is 0.294. The van der Waals surface area contributed by atoms with Gasteiger partial charge in [-0.1, -0.05) is 18.5 Å². The summed E-state index contributed by atoms with van der Waals surface area (Å²) in [6.07, 6.45) is 0.442. The van der Waals surface area contributed by atoms with Crippen LogP contribution in [0.1, 0.15) is 29.3 Å². The van der Waals surface area contributed by atoms with Crippen molar-refractivity contribution >= 4 is 29.2 Å². The third-order valence-electron chi connectivity index (χ3n) is 3.27. The summed E-state index contributed by atoms with van der Waals surface area (Å²) in [5.41, 5.74) is 0.874. The van der Waals surface area contributed by atoms with Crippen LogP contribution in [0.25, 0.3) is 0 Å². The van der Waals surface area contributed by atoms with Crippen molar-refractivity contribution in [1.82, 2.24) is 15.3 Å². The zero-order valence-electron chi connectivity index (χ0n) is 14.3. The molecule has 27 heavy (non-hydrogen) atoms. The number of halogens is 3. The Morgan fingerprint density at radius 2 is 2.07 bits per heavy atom. The van der Waals surface area contributed by atoms with Crippen LogP contribution in [-0.4, -0.2) is 34.8 Å². The first-order valence-electron chi connectivity index (χ1n) is 7.98. The lowest BCUT2D eigenvalue weighted by molar-refractivity contribution is -0.115. The molecule has 2 aromatic heterocycles. The number of amides is 2. The summed E-state index contributed by atoms with van der Waals surface area (Å²) in [7, 11) is 0. The average Bonchev–Trinajstić information content (AvgIpc) is 2.65. The third-order valence-corrected chi connectivity index (χ3v) is 3.54. The number of alkyl halides is 2. The molecule has 2 N–H and O–H groups in total. The third kappa shape index (κ3) is 6.45. The van der Waals surface area contributed by atoms with Crippen molar-refractivity contribution in [1.29, 1.82) is 0 Å². The first kappa shape index (κ1) is 20.5. The minimum Gasteiger partial charge on any atom is -0.471 e. The van der Waals surface area contributed by atoms with Crippen molar-refractivity contribution in [2.75, 3.05) is 11.9 Å². The molecule has 0 saturated heterocycles. The molecule has 0 aliphatic heterocycles. The van der Waals surface area contributed by atoms with Gasteiger partial charge in [0.25, 0.3) is 12.3 Å². The molecule has 10 heteroatoms. The van der Waals surface area contributed by atoms with Crippen LogP contribution in [0.2, 0.25) is 5.02 Å². The predicted octanol–water partition coefficient (Wildman–Crippen LogP) is 3.05. The molecule has 2 heterocycles. The van der Waals surface area contributed by atoms with Crippen molar-refractivity contribution in [2.45, 2.75) is 26.3 Å². The number of carbonyl (C=O) groups excluding carboxylic acids is 2. The maximum Gasteiger partial charge on any atom is 0.272 e. The van der Waals surface area contributed by atoms with Crippen molar-refractivity contribution in [2.24, 2.45) is 0 Å². The summed E-state index contributed by atoms with van der Waals surface area (Å²) in [5, 5.41) is 5.30. The Bertz CT molecular complexity index is 821. The molecular weight excluding hydrogens is 382 g/mol. The Morgan fingerprint density at radius 1 is 1.30 bits per heavy atom. The number of hydrogen-bond acceptors (Lipinski definition) is 5. The summed E-state index contributed by atoms with van der Waals surface area (Å²) in [5.74, 6) is -0.425. The molecule has 2 aromatic rings. The number of ether oxygens (including phenoxy) is 1. The molecule has 7 nitrogen and oxygen atoms in total. The highest BCUT2D eigenvalue weighted by Crippen LogP contribution is 2.22. The maximum atomic E-state index is 12.2. The van der Waals surface area contributed by atoms with Gasteiger partial charge in [0.05, 0.1) is 0 Å². The molecule has 2 amide bonds. The van der Waals surface area contributed by atoms with Gasteiger partial charge in [0, 0.05) is 30.9 Å². The highest BCUT2D eigenvalue weighted by atomic mass is 35.5. The monoisotopic (exact) mass is 398 g/mol. The van der Waals surface area contributed by atoms with Crippen molar-refractivity contribution < 1.29 is 23.1 Å².